The predicted octanol–water partition coefficient (Wildman–Crippen LogP) is 2.35. The van der Waals surface area contributed by atoms with E-state index in [0.29, 0.717) is 31.0 Å². The monoisotopic (exact) mass is 241 g/mol. The van der Waals surface area contributed by atoms with E-state index in [2.05, 4.69) is 5.32 Å². The van der Waals surface area contributed by atoms with E-state index in [1.165, 1.54) is 13.2 Å². The summed E-state index contributed by atoms with van der Waals surface area (Å²) in [6, 6.07) is 4.87. The summed E-state index contributed by atoms with van der Waals surface area (Å²) in [5.74, 6) is 0.288. The fraction of sp³-hybridized carbons (Fsp3) is 0.538. The van der Waals surface area contributed by atoms with Crippen LogP contribution in [0.3, 0.4) is 0 Å². The van der Waals surface area contributed by atoms with Crippen molar-refractivity contribution in [3.05, 3.63) is 29.6 Å². The number of nitrogens with one attached hydrogen (secondary N) is 1. The minimum absolute atomic E-state index is 0.231. The van der Waals surface area contributed by atoms with Crippen LogP contribution in [0.1, 0.15) is 19.4 Å². The number of methoxy groups -OCH3 is 1. The summed E-state index contributed by atoms with van der Waals surface area (Å²) in [7, 11) is 1.52. The van der Waals surface area contributed by atoms with Gasteiger partial charge in [-0.1, -0.05) is 6.07 Å². The Hall–Kier alpha value is -1.13. The van der Waals surface area contributed by atoms with Gasteiger partial charge in [0.15, 0.2) is 0 Å². The molecule has 1 N–H and O–H groups in total. The van der Waals surface area contributed by atoms with Crippen LogP contribution in [-0.2, 0) is 11.3 Å². The molecule has 0 atom stereocenters. The van der Waals surface area contributed by atoms with Crippen LogP contribution in [0, 0.1) is 5.82 Å². The lowest BCUT2D eigenvalue weighted by Gasteiger charge is -2.09. The lowest BCUT2D eigenvalue weighted by atomic mass is 10.2. The van der Waals surface area contributed by atoms with Crippen LogP contribution < -0.4 is 10.1 Å². The molecule has 0 heterocycles. The molecule has 17 heavy (non-hydrogen) atoms. The highest BCUT2D eigenvalue weighted by molar-refractivity contribution is 5.28. The van der Waals surface area contributed by atoms with Crippen LogP contribution in [-0.4, -0.2) is 26.4 Å². The van der Waals surface area contributed by atoms with Crippen LogP contribution in [0.5, 0.6) is 5.75 Å². The standard InChI is InChI=1S/C13H20FNO2/c1-10(2)17-7-6-15-9-11-4-5-12(16-3)8-13(11)14/h4-5,8,10,15H,6-7,9H2,1-3H3. The topological polar surface area (TPSA) is 30.5 Å². The Kier molecular flexibility index (Phi) is 5.94. The molecule has 1 aromatic carbocycles. The fourth-order valence-electron chi connectivity index (χ4n) is 1.39. The molecule has 0 amide bonds. The second-order valence-electron chi connectivity index (χ2n) is 4.05. The van der Waals surface area contributed by atoms with E-state index in [1.807, 2.05) is 13.8 Å². The number of hydrogen-bond donors (Lipinski definition) is 1. The molecule has 96 valence electrons. The van der Waals surface area contributed by atoms with E-state index < -0.39 is 0 Å². The summed E-state index contributed by atoms with van der Waals surface area (Å²) >= 11 is 0. The lowest BCUT2D eigenvalue weighted by Crippen LogP contribution is -2.21. The van der Waals surface area contributed by atoms with E-state index in [1.54, 1.807) is 12.1 Å². The van der Waals surface area contributed by atoms with E-state index in [-0.39, 0.29) is 11.9 Å². The molecule has 0 spiro atoms. The van der Waals surface area contributed by atoms with Gasteiger partial charge in [-0.25, -0.2) is 4.39 Å². The highest BCUT2D eigenvalue weighted by atomic mass is 19.1. The molecular formula is C13H20FNO2. The van der Waals surface area contributed by atoms with E-state index in [0.717, 1.165) is 0 Å². The van der Waals surface area contributed by atoms with Crippen LogP contribution in [0.25, 0.3) is 0 Å². The molecule has 0 aliphatic rings. The van der Waals surface area contributed by atoms with Crippen molar-refractivity contribution in [3.63, 3.8) is 0 Å². The van der Waals surface area contributed by atoms with Gasteiger partial charge in [-0.2, -0.15) is 0 Å². The summed E-state index contributed by atoms with van der Waals surface area (Å²) in [6.45, 7) is 5.82. The van der Waals surface area contributed by atoms with Gasteiger partial charge in [-0.05, 0) is 19.9 Å². The summed E-state index contributed by atoms with van der Waals surface area (Å²) in [4.78, 5) is 0. The van der Waals surface area contributed by atoms with Crippen molar-refractivity contribution in [1.82, 2.24) is 5.32 Å². The first-order valence-electron chi connectivity index (χ1n) is 5.78. The Morgan fingerprint density at radius 3 is 2.71 bits per heavy atom. The van der Waals surface area contributed by atoms with Crippen molar-refractivity contribution in [2.24, 2.45) is 0 Å². The minimum Gasteiger partial charge on any atom is -0.497 e. The normalized spacial score (nSPS) is 10.9. The highest BCUT2D eigenvalue weighted by Crippen LogP contribution is 2.15. The van der Waals surface area contributed by atoms with Gasteiger partial charge in [0, 0.05) is 24.7 Å². The van der Waals surface area contributed by atoms with Gasteiger partial charge in [0.05, 0.1) is 19.8 Å². The Morgan fingerprint density at radius 2 is 2.12 bits per heavy atom. The number of rotatable bonds is 7. The van der Waals surface area contributed by atoms with E-state index in [4.69, 9.17) is 9.47 Å². The first-order chi connectivity index (χ1) is 8.13. The van der Waals surface area contributed by atoms with Gasteiger partial charge >= 0.3 is 0 Å². The summed E-state index contributed by atoms with van der Waals surface area (Å²) < 4.78 is 23.8. The SMILES string of the molecule is COc1ccc(CNCCOC(C)C)c(F)c1. The number of ether oxygens (including phenoxy) is 2. The molecule has 0 bridgehead atoms. The molecule has 3 nitrogen and oxygen atoms in total. The number of hydrogen-bond acceptors (Lipinski definition) is 3. The second-order valence-corrected chi connectivity index (χ2v) is 4.05. The largest absolute Gasteiger partial charge is 0.497 e. The average molecular weight is 241 g/mol. The molecule has 1 rings (SSSR count). The maximum Gasteiger partial charge on any atom is 0.131 e. The third kappa shape index (κ3) is 5.15. The zero-order valence-electron chi connectivity index (χ0n) is 10.6. The van der Waals surface area contributed by atoms with Crippen molar-refractivity contribution >= 4 is 0 Å². The first kappa shape index (κ1) is 13.9. The van der Waals surface area contributed by atoms with Gasteiger partial charge in [-0.15, -0.1) is 0 Å². The van der Waals surface area contributed by atoms with Crippen molar-refractivity contribution in [2.75, 3.05) is 20.3 Å². The predicted molar refractivity (Wildman–Crippen MR) is 65.7 cm³/mol. The lowest BCUT2D eigenvalue weighted by molar-refractivity contribution is 0.0806. The molecule has 4 heteroatoms. The molecule has 0 radical (unpaired) electrons. The van der Waals surface area contributed by atoms with Gasteiger partial charge in [-0.3, -0.25) is 0 Å². The van der Waals surface area contributed by atoms with Gasteiger partial charge in [0.25, 0.3) is 0 Å². The Balaban J connectivity index is 2.32. The van der Waals surface area contributed by atoms with Crippen molar-refractivity contribution < 1.29 is 13.9 Å². The number of benzene rings is 1. The van der Waals surface area contributed by atoms with Crippen LogP contribution in [0.4, 0.5) is 4.39 Å². The molecule has 0 unspecified atom stereocenters. The zero-order chi connectivity index (χ0) is 12.7. The molecule has 0 saturated heterocycles. The van der Waals surface area contributed by atoms with Crippen LogP contribution >= 0.6 is 0 Å². The summed E-state index contributed by atoms with van der Waals surface area (Å²) in [5, 5.41) is 3.13. The third-order valence-electron chi connectivity index (χ3n) is 2.31. The van der Waals surface area contributed by atoms with Crippen molar-refractivity contribution in [2.45, 2.75) is 26.5 Å². The Labute approximate surface area is 102 Å². The summed E-state index contributed by atoms with van der Waals surface area (Å²) in [5.41, 5.74) is 0.635. The smallest absolute Gasteiger partial charge is 0.131 e. The molecule has 0 aromatic heterocycles. The van der Waals surface area contributed by atoms with E-state index >= 15 is 0 Å². The minimum atomic E-state index is -0.248. The fourth-order valence-corrected chi connectivity index (χ4v) is 1.39. The van der Waals surface area contributed by atoms with Crippen molar-refractivity contribution in [1.29, 1.82) is 0 Å². The van der Waals surface area contributed by atoms with Gasteiger partial charge in [0.2, 0.25) is 0 Å². The third-order valence-corrected chi connectivity index (χ3v) is 2.31. The molecule has 1 aromatic rings. The van der Waals surface area contributed by atoms with Crippen LogP contribution in [0.2, 0.25) is 0 Å². The molecule has 0 saturated carbocycles. The summed E-state index contributed by atoms with van der Waals surface area (Å²) in [6.07, 6.45) is 0.231. The van der Waals surface area contributed by atoms with E-state index in [9.17, 15) is 4.39 Å². The van der Waals surface area contributed by atoms with Crippen molar-refractivity contribution in [3.8, 4) is 5.75 Å². The maximum absolute atomic E-state index is 13.5. The molecule has 0 aliphatic heterocycles. The second kappa shape index (κ2) is 7.25. The zero-order valence-corrected chi connectivity index (χ0v) is 10.6. The van der Waals surface area contributed by atoms with Crippen LogP contribution in [0.15, 0.2) is 18.2 Å². The highest BCUT2D eigenvalue weighted by Gasteiger charge is 2.03. The van der Waals surface area contributed by atoms with Gasteiger partial charge < -0.3 is 14.8 Å². The maximum atomic E-state index is 13.5. The number of halogens is 1. The Bertz CT molecular complexity index is 342. The first-order valence-corrected chi connectivity index (χ1v) is 5.78. The average Bonchev–Trinajstić information content (AvgIpc) is 2.30. The Morgan fingerprint density at radius 1 is 1.35 bits per heavy atom. The molecule has 0 aliphatic carbocycles. The quantitative estimate of drug-likeness (QED) is 0.743. The van der Waals surface area contributed by atoms with Gasteiger partial charge in [0.1, 0.15) is 11.6 Å². The molecular weight excluding hydrogens is 221 g/mol. The molecule has 0 fully saturated rings.